The highest BCUT2D eigenvalue weighted by Gasteiger charge is 2.13. The zero-order valence-corrected chi connectivity index (χ0v) is 10.8. The molecule has 0 saturated carbocycles. The highest BCUT2D eigenvalue weighted by Crippen LogP contribution is 2.19. The first-order valence-electron chi connectivity index (χ1n) is 5.32. The molecule has 0 aliphatic rings. The number of hydrogen-bond donors (Lipinski definition) is 1. The summed E-state index contributed by atoms with van der Waals surface area (Å²) < 4.78 is 3.37. The topological polar surface area (TPSA) is 74.5 Å². The quantitative estimate of drug-likeness (QED) is 0.888. The van der Waals surface area contributed by atoms with Crippen molar-refractivity contribution in [2.24, 2.45) is 12.8 Å². The molecule has 2 aromatic heterocycles. The van der Waals surface area contributed by atoms with Crippen LogP contribution in [0.3, 0.4) is 0 Å². The molecule has 0 bridgehead atoms. The molecule has 1 atom stereocenters. The summed E-state index contributed by atoms with van der Waals surface area (Å²) in [6.07, 6.45) is 1.83. The highest BCUT2D eigenvalue weighted by atomic mass is 35.5. The van der Waals surface area contributed by atoms with Gasteiger partial charge in [0, 0.05) is 18.7 Å². The van der Waals surface area contributed by atoms with Crippen molar-refractivity contribution in [3.63, 3.8) is 0 Å². The lowest BCUT2D eigenvalue weighted by molar-refractivity contribution is 0.646. The largest absolute Gasteiger partial charge is 0.323 e. The Morgan fingerprint density at radius 3 is 2.71 bits per heavy atom. The molecule has 2 rings (SSSR count). The first kappa shape index (κ1) is 12.1. The van der Waals surface area contributed by atoms with E-state index in [0.29, 0.717) is 11.7 Å². The average molecular weight is 255 g/mol. The summed E-state index contributed by atoms with van der Waals surface area (Å²) in [6.45, 7) is 4.35. The van der Waals surface area contributed by atoms with Crippen molar-refractivity contribution in [1.29, 1.82) is 0 Å². The number of nitrogens with two attached hydrogens (primary N) is 1. The number of hydrogen-bond acceptors (Lipinski definition) is 4. The lowest BCUT2D eigenvalue weighted by Crippen LogP contribution is -2.05. The monoisotopic (exact) mass is 254 g/mol. The SMILES string of the molecule is Cc1nn(C)c(Cl)c1Cn1cc(C(C)N)nn1. The zero-order valence-electron chi connectivity index (χ0n) is 10.1. The normalized spacial score (nSPS) is 13.0. The van der Waals surface area contributed by atoms with Gasteiger partial charge >= 0.3 is 0 Å². The molecule has 0 radical (unpaired) electrons. The molecule has 92 valence electrons. The number of rotatable bonds is 3. The summed E-state index contributed by atoms with van der Waals surface area (Å²) in [4.78, 5) is 0. The van der Waals surface area contributed by atoms with Crippen LogP contribution >= 0.6 is 11.6 Å². The Hall–Kier alpha value is -1.40. The highest BCUT2D eigenvalue weighted by molar-refractivity contribution is 6.30. The minimum atomic E-state index is -0.116. The molecule has 0 spiro atoms. The molecule has 2 N–H and O–H groups in total. The van der Waals surface area contributed by atoms with E-state index in [0.717, 1.165) is 17.0 Å². The first-order valence-corrected chi connectivity index (χ1v) is 5.70. The van der Waals surface area contributed by atoms with Crippen LogP contribution in [0.2, 0.25) is 5.15 Å². The molecule has 17 heavy (non-hydrogen) atoms. The Morgan fingerprint density at radius 2 is 2.24 bits per heavy atom. The van der Waals surface area contributed by atoms with Gasteiger partial charge in [-0.2, -0.15) is 5.10 Å². The second-order valence-electron chi connectivity index (χ2n) is 4.11. The predicted octanol–water partition coefficient (Wildman–Crippen LogP) is 1.04. The molecule has 0 aliphatic carbocycles. The van der Waals surface area contributed by atoms with Crippen LogP contribution in [0.25, 0.3) is 0 Å². The molecule has 0 amide bonds. The third kappa shape index (κ3) is 2.32. The Kier molecular flexibility index (Phi) is 3.17. The van der Waals surface area contributed by atoms with Crippen molar-refractivity contribution >= 4 is 11.6 Å². The Labute approximate surface area is 104 Å². The molecule has 0 aromatic carbocycles. The maximum Gasteiger partial charge on any atom is 0.132 e. The molecule has 0 saturated heterocycles. The standard InChI is InChI=1S/C10H15ClN6/c1-6(12)9-5-17(15-13-9)4-8-7(2)14-16(3)10(8)11/h5-6H,4,12H2,1-3H3. The van der Waals surface area contributed by atoms with Gasteiger partial charge in [0.2, 0.25) is 0 Å². The summed E-state index contributed by atoms with van der Waals surface area (Å²) in [5.41, 5.74) is 8.34. The number of halogens is 1. The van der Waals surface area contributed by atoms with Gasteiger partial charge < -0.3 is 5.73 Å². The second kappa shape index (κ2) is 4.46. The Morgan fingerprint density at radius 1 is 1.53 bits per heavy atom. The average Bonchev–Trinajstić information content (AvgIpc) is 2.80. The van der Waals surface area contributed by atoms with E-state index >= 15 is 0 Å². The fourth-order valence-electron chi connectivity index (χ4n) is 1.61. The van der Waals surface area contributed by atoms with Crippen LogP contribution in [-0.2, 0) is 13.6 Å². The van der Waals surface area contributed by atoms with E-state index < -0.39 is 0 Å². The maximum atomic E-state index is 6.15. The molecule has 7 heteroatoms. The van der Waals surface area contributed by atoms with E-state index in [4.69, 9.17) is 17.3 Å². The van der Waals surface area contributed by atoms with Crippen LogP contribution in [0.4, 0.5) is 0 Å². The van der Waals surface area contributed by atoms with Gasteiger partial charge in [0.25, 0.3) is 0 Å². The van der Waals surface area contributed by atoms with Crippen molar-refractivity contribution in [2.75, 3.05) is 0 Å². The molecule has 1 unspecified atom stereocenters. The van der Waals surface area contributed by atoms with Crippen molar-refractivity contribution in [1.82, 2.24) is 24.8 Å². The minimum Gasteiger partial charge on any atom is -0.323 e. The van der Waals surface area contributed by atoms with Gasteiger partial charge in [-0.25, -0.2) is 4.68 Å². The van der Waals surface area contributed by atoms with Crippen molar-refractivity contribution in [3.8, 4) is 0 Å². The van der Waals surface area contributed by atoms with Gasteiger partial charge in [0.1, 0.15) is 5.15 Å². The first-order chi connectivity index (χ1) is 7.99. The van der Waals surface area contributed by atoms with Crippen LogP contribution in [0, 0.1) is 6.92 Å². The van der Waals surface area contributed by atoms with Crippen LogP contribution in [0.5, 0.6) is 0 Å². The lowest BCUT2D eigenvalue weighted by Gasteiger charge is -2.00. The van der Waals surface area contributed by atoms with Gasteiger partial charge in [-0.15, -0.1) is 5.10 Å². The fraction of sp³-hybridized carbons (Fsp3) is 0.500. The maximum absolute atomic E-state index is 6.15. The predicted molar refractivity (Wildman–Crippen MR) is 64.7 cm³/mol. The van der Waals surface area contributed by atoms with E-state index in [9.17, 15) is 0 Å². The zero-order chi connectivity index (χ0) is 12.6. The van der Waals surface area contributed by atoms with E-state index in [2.05, 4.69) is 15.4 Å². The molecular formula is C10H15ClN6. The molecule has 0 aliphatic heterocycles. The van der Waals surface area contributed by atoms with Crippen molar-refractivity contribution in [3.05, 3.63) is 28.3 Å². The molecule has 2 heterocycles. The summed E-state index contributed by atoms with van der Waals surface area (Å²) >= 11 is 6.15. The smallest absolute Gasteiger partial charge is 0.132 e. The van der Waals surface area contributed by atoms with Crippen molar-refractivity contribution < 1.29 is 0 Å². The third-order valence-electron chi connectivity index (χ3n) is 2.61. The lowest BCUT2D eigenvalue weighted by atomic mass is 10.2. The molecule has 6 nitrogen and oxygen atoms in total. The number of nitrogens with zero attached hydrogens (tertiary/aromatic N) is 5. The van der Waals surface area contributed by atoms with E-state index in [1.165, 1.54) is 0 Å². The molecular weight excluding hydrogens is 240 g/mol. The summed E-state index contributed by atoms with van der Waals surface area (Å²) in [7, 11) is 1.81. The van der Waals surface area contributed by atoms with Crippen LogP contribution in [0.1, 0.15) is 29.9 Å². The molecule has 0 fully saturated rings. The van der Waals surface area contributed by atoms with Gasteiger partial charge in [0.05, 0.1) is 24.1 Å². The number of aromatic nitrogens is 5. The van der Waals surface area contributed by atoms with Gasteiger partial charge in [-0.05, 0) is 13.8 Å². The van der Waals surface area contributed by atoms with Gasteiger partial charge in [0.15, 0.2) is 0 Å². The summed E-state index contributed by atoms with van der Waals surface area (Å²) in [5, 5.41) is 12.9. The Balaban J connectivity index is 2.25. The van der Waals surface area contributed by atoms with E-state index in [1.807, 2.05) is 27.1 Å². The second-order valence-corrected chi connectivity index (χ2v) is 4.47. The van der Waals surface area contributed by atoms with Crippen LogP contribution in [0.15, 0.2) is 6.20 Å². The van der Waals surface area contributed by atoms with Crippen LogP contribution < -0.4 is 5.73 Å². The third-order valence-corrected chi connectivity index (χ3v) is 3.09. The number of aryl methyl sites for hydroxylation is 2. The minimum absolute atomic E-state index is 0.116. The fourth-order valence-corrected chi connectivity index (χ4v) is 1.85. The Bertz CT molecular complexity index is 527. The van der Waals surface area contributed by atoms with Crippen molar-refractivity contribution in [2.45, 2.75) is 26.4 Å². The van der Waals surface area contributed by atoms with E-state index in [1.54, 1.807) is 9.36 Å². The van der Waals surface area contributed by atoms with E-state index in [-0.39, 0.29) is 6.04 Å². The molecule has 2 aromatic rings. The summed E-state index contributed by atoms with van der Waals surface area (Å²) in [5.74, 6) is 0. The van der Waals surface area contributed by atoms with Crippen LogP contribution in [-0.4, -0.2) is 24.8 Å². The van der Waals surface area contributed by atoms with Gasteiger partial charge in [-0.3, -0.25) is 4.68 Å². The summed E-state index contributed by atoms with van der Waals surface area (Å²) in [6, 6.07) is -0.116. The van der Waals surface area contributed by atoms with Gasteiger partial charge in [-0.1, -0.05) is 16.8 Å².